The molecule has 3 rings (SSSR count). The number of aliphatic carboxylic acids is 1. The first-order valence-electron chi connectivity index (χ1n) is 10.7. The molecule has 2 atom stereocenters. The molecule has 1 aromatic carbocycles. The molecule has 188 valence electrons. The number of methoxy groups -OCH3 is 1. The normalized spacial score (nSPS) is 18.8. The van der Waals surface area contributed by atoms with E-state index in [1.807, 2.05) is 0 Å². The van der Waals surface area contributed by atoms with Gasteiger partial charge in [-0.3, -0.25) is 24.6 Å². The van der Waals surface area contributed by atoms with Crippen molar-refractivity contribution >= 4 is 47.6 Å². The van der Waals surface area contributed by atoms with Crippen LogP contribution in [0, 0.1) is 0 Å². The van der Waals surface area contributed by atoms with Gasteiger partial charge in [-0.25, -0.2) is 19.8 Å². The van der Waals surface area contributed by atoms with Gasteiger partial charge in [0, 0.05) is 18.5 Å². The van der Waals surface area contributed by atoms with Gasteiger partial charge in [0.2, 0.25) is 11.8 Å². The second kappa shape index (κ2) is 11.0. The number of hydrogen-bond acceptors (Lipinski definition) is 7. The van der Waals surface area contributed by atoms with Crippen molar-refractivity contribution in [3.05, 3.63) is 28.8 Å². The van der Waals surface area contributed by atoms with Crippen LogP contribution < -0.4 is 15.5 Å². The Morgan fingerprint density at radius 3 is 2.66 bits per heavy atom. The average Bonchev–Trinajstić information content (AvgIpc) is 2.95. The molecular weight excluding hydrogens is 486 g/mol. The second-order valence-electron chi connectivity index (χ2n) is 7.84. The van der Waals surface area contributed by atoms with Crippen LogP contribution in [-0.4, -0.2) is 88.4 Å². The average molecular weight is 510 g/mol. The first kappa shape index (κ1) is 25.7. The molecule has 13 nitrogen and oxygen atoms in total. The van der Waals surface area contributed by atoms with Crippen molar-refractivity contribution in [3.8, 4) is 5.75 Å². The molecule has 2 aliphatic rings. The Balaban J connectivity index is 1.81. The van der Waals surface area contributed by atoms with E-state index in [0.717, 1.165) is 15.0 Å². The summed E-state index contributed by atoms with van der Waals surface area (Å²) in [5, 5.41) is 14.4. The van der Waals surface area contributed by atoms with E-state index < -0.39 is 48.2 Å². The Morgan fingerprint density at radius 2 is 2.03 bits per heavy atom. The van der Waals surface area contributed by atoms with E-state index in [0.29, 0.717) is 12.2 Å². The van der Waals surface area contributed by atoms with Gasteiger partial charge in [-0.05, 0) is 31.0 Å². The number of fused-ring (bicyclic) bond motifs is 1. The second-order valence-corrected chi connectivity index (χ2v) is 8.25. The molecule has 35 heavy (non-hydrogen) atoms. The molecule has 0 aliphatic carbocycles. The number of nitrogens with zero attached hydrogens (tertiary/aromatic N) is 3. The number of carboxylic acid groups (broad SMARTS) is 1. The zero-order valence-corrected chi connectivity index (χ0v) is 19.5. The summed E-state index contributed by atoms with van der Waals surface area (Å²) in [6, 6.07) is 0.962. The van der Waals surface area contributed by atoms with Crippen molar-refractivity contribution in [1.29, 1.82) is 0 Å². The van der Waals surface area contributed by atoms with E-state index in [1.54, 1.807) is 0 Å². The van der Waals surface area contributed by atoms with E-state index in [4.69, 9.17) is 21.4 Å². The van der Waals surface area contributed by atoms with Gasteiger partial charge < -0.3 is 20.0 Å². The quantitative estimate of drug-likeness (QED) is 0.417. The number of hydrazine groups is 2. The first-order chi connectivity index (χ1) is 16.7. The number of aldehydes is 1. The number of nitrogens with one attached hydrogen (secondary N) is 2. The number of ether oxygens (including phenoxy) is 1. The maximum atomic E-state index is 13.4. The maximum Gasteiger partial charge on any atom is 0.358 e. The van der Waals surface area contributed by atoms with Crippen molar-refractivity contribution < 1.29 is 38.6 Å². The number of carbonyl (C=O) groups excluding carboxylic acids is 5. The molecule has 2 fully saturated rings. The Bertz CT molecular complexity index is 1050. The van der Waals surface area contributed by atoms with E-state index in [9.17, 15) is 28.8 Å². The lowest BCUT2D eigenvalue weighted by Gasteiger charge is -2.42. The van der Waals surface area contributed by atoms with Gasteiger partial charge in [-0.2, -0.15) is 0 Å². The Labute approximate surface area is 204 Å². The smallest absolute Gasteiger partial charge is 0.358 e. The highest BCUT2D eigenvalue weighted by Crippen LogP contribution is 2.26. The molecule has 0 radical (unpaired) electrons. The van der Waals surface area contributed by atoms with Crippen LogP contribution in [-0.2, 0) is 19.2 Å². The van der Waals surface area contributed by atoms with Crippen LogP contribution in [0.5, 0.6) is 5.75 Å². The molecule has 0 saturated carbocycles. The van der Waals surface area contributed by atoms with Gasteiger partial charge in [0.25, 0.3) is 5.91 Å². The van der Waals surface area contributed by atoms with Crippen molar-refractivity contribution in [3.63, 3.8) is 0 Å². The minimum Gasteiger partial charge on any atom is -0.495 e. The lowest BCUT2D eigenvalue weighted by molar-refractivity contribution is -0.155. The summed E-state index contributed by atoms with van der Waals surface area (Å²) in [4.78, 5) is 73.8. The summed E-state index contributed by atoms with van der Waals surface area (Å²) in [6.07, 6.45) is 0.0980. The molecule has 2 heterocycles. The predicted molar refractivity (Wildman–Crippen MR) is 119 cm³/mol. The predicted octanol–water partition coefficient (Wildman–Crippen LogP) is 0.186. The van der Waals surface area contributed by atoms with E-state index in [-0.39, 0.29) is 42.8 Å². The molecule has 5 amide bonds. The number of rotatable bonds is 8. The van der Waals surface area contributed by atoms with Gasteiger partial charge in [0.15, 0.2) is 0 Å². The number of benzene rings is 1. The van der Waals surface area contributed by atoms with Gasteiger partial charge in [-0.1, -0.05) is 11.6 Å². The molecule has 2 aliphatic heterocycles. The van der Waals surface area contributed by atoms with Crippen LogP contribution in [0.1, 0.15) is 36.0 Å². The fraction of sp³-hybridized carbons (Fsp3) is 0.429. The molecule has 3 N–H and O–H groups in total. The third-order valence-electron chi connectivity index (χ3n) is 5.51. The van der Waals surface area contributed by atoms with Gasteiger partial charge in [0.05, 0.1) is 31.1 Å². The standard InChI is InChI=1S/C21H24ClN5O8/c1-35-16-5-4-12(9-14(16)22)19(32)24-25-8-6-17(29)26-7-2-3-15(27(26)21(25)34)20(33)23-13(11-28)10-18(30)31/h4-5,9,11,13,15H,2-3,6-8,10H2,1H3,(H,23,33)(H,24,32)(H,30,31)/t13-,15-/m0/s1. The Morgan fingerprint density at radius 1 is 1.29 bits per heavy atom. The van der Waals surface area contributed by atoms with E-state index in [1.165, 1.54) is 25.3 Å². The van der Waals surface area contributed by atoms with Crippen LogP contribution in [0.2, 0.25) is 5.02 Å². The molecule has 0 bridgehead atoms. The summed E-state index contributed by atoms with van der Waals surface area (Å²) in [6.45, 7) is 0.0288. The summed E-state index contributed by atoms with van der Waals surface area (Å²) in [5.74, 6) is -2.83. The van der Waals surface area contributed by atoms with Crippen LogP contribution in [0.15, 0.2) is 18.2 Å². The zero-order chi connectivity index (χ0) is 25.7. The topological polar surface area (TPSA) is 166 Å². The fourth-order valence-corrected chi connectivity index (χ4v) is 4.07. The molecule has 0 unspecified atom stereocenters. The highest BCUT2D eigenvalue weighted by molar-refractivity contribution is 6.32. The van der Waals surface area contributed by atoms with Gasteiger partial charge in [0.1, 0.15) is 18.1 Å². The van der Waals surface area contributed by atoms with E-state index >= 15 is 0 Å². The fourth-order valence-electron chi connectivity index (χ4n) is 3.81. The summed E-state index contributed by atoms with van der Waals surface area (Å²) >= 11 is 6.07. The summed E-state index contributed by atoms with van der Waals surface area (Å²) < 4.78 is 5.06. The highest BCUT2D eigenvalue weighted by Gasteiger charge is 2.44. The lowest BCUT2D eigenvalue weighted by Crippen LogP contribution is -2.64. The lowest BCUT2D eigenvalue weighted by atomic mass is 10.1. The molecule has 0 spiro atoms. The summed E-state index contributed by atoms with van der Waals surface area (Å²) in [5.41, 5.74) is 2.57. The van der Waals surface area contributed by atoms with Crippen molar-refractivity contribution in [2.45, 2.75) is 37.8 Å². The SMILES string of the molecule is COc1ccc(C(=O)NN2CCC(=O)N3CCC[C@@H](C(=O)N[C@H](C=O)CC(=O)O)N3C2=O)cc1Cl. The van der Waals surface area contributed by atoms with Crippen LogP contribution in [0.25, 0.3) is 0 Å². The monoisotopic (exact) mass is 509 g/mol. The van der Waals surface area contributed by atoms with Crippen LogP contribution >= 0.6 is 11.6 Å². The minimum absolute atomic E-state index is 0.115. The largest absolute Gasteiger partial charge is 0.495 e. The number of halogens is 1. The van der Waals surface area contributed by atoms with Crippen molar-refractivity contribution in [2.75, 3.05) is 20.2 Å². The van der Waals surface area contributed by atoms with Gasteiger partial charge in [-0.15, -0.1) is 0 Å². The number of carboxylic acids is 1. The third-order valence-corrected chi connectivity index (χ3v) is 5.80. The molecular formula is C21H24ClN5O8. The third kappa shape index (κ3) is 5.80. The van der Waals surface area contributed by atoms with Crippen molar-refractivity contribution in [2.24, 2.45) is 0 Å². The Hall–Kier alpha value is -3.87. The first-order valence-corrected chi connectivity index (χ1v) is 11.1. The number of amides is 5. The molecule has 2 saturated heterocycles. The number of carbonyl (C=O) groups is 6. The zero-order valence-electron chi connectivity index (χ0n) is 18.7. The van der Waals surface area contributed by atoms with Crippen molar-refractivity contribution in [1.82, 2.24) is 25.8 Å². The summed E-state index contributed by atoms with van der Waals surface area (Å²) in [7, 11) is 1.42. The molecule has 1 aromatic rings. The van der Waals surface area contributed by atoms with Crippen LogP contribution in [0.3, 0.4) is 0 Å². The highest BCUT2D eigenvalue weighted by atomic mass is 35.5. The number of hydrogen-bond donors (Lipinski definition) is 3. The van der Waals surface area contributed by atoms with Gasteiger partial charge >= 0.3 is 12.0 Å². The van der Waals surface area contributed by atoms with E-state index in [2.05, 4.69) is 10.7 Å². The number of urea groups is 1. The minimum atomic E-state index is -1.30. The maximum absolute atomic E-state index is 13.4. The molecule has 14 heteroatoms. The Kier molecular flexibility index (Phi) is 8.12. The molecule has 0 aromatic heterocycles. The van der Waals surface area contributed by atoms with Crippen LogP contribution in [0.4, 0.5) is 4.79 Å².